The Morgan fingerprint density at radius 2 is 2.12 bits per heavy atom. The topological polar surface area (TPSA) is 32.8 Å². The van der Waals surface area contributed by atoms with Gasteiger partial charge in [-0.3, -0.25) is 9.69 Å². The highest BCUT2D eigenvalue weighted by Crippen LogP contribution is 2.15. The molecule has 94 valence electrons. The summed E-state index contributed by atoms with van der Waals surface area (Å²) in [6.07, 6.45) is 0.826. The first-order chi connectivity index (χ1) is 7.60. The van der Waals surface area contributed by atoms with E-state index in [9.17, 15) is 4.79 Å². The number of esters is 1. The first-order valence-corrected chi connectivity index (χ1v) is 6.21. The Morgan fingerprint density at radius 3 is 2.62 bits per heavy atom. The van der Waals surface area contributed by atoms with Crippen LogP contribution < -0.4 is 0 Å². The molecule has 0 aromatic carbocycles. The Balaban J connectivity index is 2.61. The molecule has 2 unspecified atom stereocenters. The van der Waals surface area contributed by atoms with E-state index in [1.165, 1.54) is 0 Å². The van der Waals surface area contributed by atoms with E-state index in [1.54, 1.807) is 0 Å². The van der Waals surface area contributed by atoms with Crippen LogP contribution in [0.25, 0.3) is 0 Å². The summed E-state index contributed by atoms with van der Waals surface area (Å²) in [6, 6.07) is 0.358. The Morgan fingerprint density at radius 1 is 1.44 bits per heavy atom. The van der Waals surface area contributed by atoms with E-state index in [1.807, 2.05) is 13.8 Å². The number of rotatable bonds is 4. The van der Waals surface area contributed by atoms with Crippen molar-refractivity contribution in [2.75, 3.05) is 33.3 Å². The molecule has 0 bridgehead atoms. The van der Waals surface area contributed by atoms with Crippen LogP contribution in [0.15, 0.2) is 0 Å². The maximum atomic E-state index is 11.8. The summed E-state index contributed by atoms with van der Waals surface area (Å²) in [5, 5.41) is 0. The lowest BCUT2D eigenvalue weighted by atomic mass is 10.1. The van der Waals surface area contributed by atoms with Crippen molar-refractivity contribution in [1.82, 2.24) is 9.80 Å². The maximum Gasteiger partial charge on any atom is 0.323 e. The van der Waals surface area contributed by atoms with Crippen molar-refractivity contribution < 1.29 is 9.53 Å². The van der Waals surface area contributed by atoms with Gasteiger partial charge in [-0.2, -0.15) is 0 Å². The van der Waals surface area contributed by atoms with Crippen LogP contribution in [0.2, 0.25) is 0 Å². The van der Waals surface area contributed by atoms with Crippen molar-refractivity contribution in [3.8, 4) is 0 Å². The van der Waals surface area contributed by atoms with Crippen LogP contribution in [0.4, 0.5) is 0 Å². The molecule has 1 rings (SSSR count). The van der Waals surface area contributed by atoms with Gasteiger partial charge in [-0.05, 0) is 27.3 Å². The zero-order valence-electron chi connectivity index (χ0n) is 10.9. The van der Waals surface area contributed by atoms with Crippen LogP contribution in [0.1, 0.15) is 27.2 Å². The van der Waals surface area contributed by atoms with Crippen molar-refractivity contribution in [2.45, 2.75) is 39.3 Å². The molecule has 0 saturated carbocycles. The zero-order valence-corrected chi connectivity index (χ0v) is 10.9. The highest BCUT2D eigenvalue weighted by molar-refractivity contribution is 5.75. The van der Waals surface area contributed by atoms with Crippen molar-refractivity contribution in [1.29, 1.82) is 0 Å². The van der Waals surface area contributed by atoms with E-state index in [4.69, 9.17) is 4.74 Å². The predicted molar refractivity (Wildman–Crippen MR) is 64.4 cm³/mol. The van der Waals surface area contributed by atoms with Gasteiger partial charge < -0.3 is 9.64 Å². The van der Waals surface area contributed by atoms with Crippen molar-refractivity contribution in [3.05, 3.63) is 0 Å². The van der Waals surface area contributed by atoms with Crippen LogP contribution in [-0.4, -0.2) is 61.1 Å². The molecule has 1 aliphatic rings. The van der Waals surface area contributed by atoms with Crippen LogP contribution in [-0.2, 0) is 9.53 Å². The van der Waals surface area contributed by atoms with E-state index >= 15 is 0 Å². The molecule has 0 aromatic rings. The second-order valence-corrected chi connectivity index (χ2v) is 4.53. The fraction of sp³-hybridized carbons (Fsp3) is 0.917. The average Bonchev–Trinajstić information content (AvgIpc) is 2.22. The van der Waals surface area contributed by atoms with Crippen LogP contribution in [0, 0.1) is 0 Å². The number of nitrogens with zero attached hydrogens (tertiary/aromatic N) is 2. The number of carbonyl (C=O) groups is 1. The summed E-state index contributed by atoms with van der Waals surface area (Å²) in [7, 11) is 2.12. The van der Waals surface area contributed by atoms with Gasteiger partial charge in [0, 0.05) is 25.7 Å². The van der Waals surface area contributed by atoms with Crippen molar-refractivity contribution >= 4 is 5.97 Å². The number of ether oxygens (including phenoxy) is 1. The second-order valence-electron chi connectivity index (χ2n) is 4.53. The second kappa shape index (κ2) is 6.21. The molecule has 2 atom stereocenters. The molecule has 0 N–H and O–H groups in total. The van der Waals surface area contributed by atoms with Crippen LogP contribution >= 0.6 is 0 Å². The lowest BCUT2D eigenvalue weighted by Crippen LogP contribution is -2.56. The fourth-order valence-electron chi connectivity index (χ4n) is 2.39. The zero-order chi connectivity index (χ0) is 12.1. The minimum atomic E-state index is -0.0681. The molecule has 0 aromatic heterocycles. The van der Waals surface area contributed by atoms with Gasteiger partial charge in [-0.1, -0.05) is 6.92 Å². The molecule has 1 fully saturated rings. The largest absolute Gasteiger partial charge is 0.465 e. The fourth-order valence-corrected chi connectivity index (χ4v) is 2.39. The smallest absolute Gasteiger partial charge is 0.323 e. The number of carbonyl (C=O) groups excluding carboxylic acids is 1. The number of piperazine rings is 1. The van der Waals surface area contributed by atoms with Gasteiger partial charge in [-0.15, -0.1) is 0 Å². The minimum absolute atomic E-state index is 0.0661. The highest BCUT2D eigenvalue weighted by Gasteiger charge is 2.32. The normalized spacial score (nSPS) is 25.4. The molecule has 4 nitrogen and oxygen atoms in total. The van der Waals surface area contributed by atoms with Crippen LogP contribution in [0.5, 0.6) is 0 Å². The summed E-state index contributed by atoms with van der Waals surface area (Å²) in [6.45, 7) is 9.56. The Bertz CT molecular complexity index is 233. The molecule has 0 spiro atoms. The Labute approximate surface area is 98.5 Å². The number of hydrogen-bond acceptors (Lipinski definition) is 4. The first-order valence-electron chi connectivity index (χ1n) is 6.21. The first kappa shape index (κ1) is 13.5. The summed E-state index contributed by atoms with van der Waals surface area (Å²) >= 11 is 0. The van der Waals surface area contributed by atoms with Crippen molar-refractivity contribution in [2.24, 2.45) is 0 Å². The van der Waals surface area contributed by atoms with Gasteiger partial charge in [-0.25, -0.2) is 0 Å². The van der Waals surface area contributed by atoms with Gasteiger partial charge in [0.15, 0.2) is 0 Å². The van der Waals surface area contributed by atoms with E-state index in [0.29, 0.717) is 12.6 Å². The Kier molecular flexibility index (Phi) is 5.22. The molecule has 1 saturated heterocycles. The van der Waals surface area contributed by atoms with Gasteiger partial charge in [0.25, 0.3) is 0 Å². The monoisotopic (exact) mass is 228 g/mol. The lowest BCUT2D eigenvalue weighted by molar-refractivity contribution is -0.151. The van der Waals surface area contributed by atoms with E-state index in [2.05, 4.69) is 23.8 Å². The SMILES string of the molecule is CCOC(=O)C(CC)N1CCN(C)CC1C. The molecule has 1 heterocycles. The Hall–Kier alpha value is -0.610. The molecule has 4 heteroatoms. The molecule has 0 amide bonds. The number of hydrogen-bond donors (Lipinski definition) is 0. The standard InChI is InChI=1S/C12H24N2O2/c1-5-11(12(15)16-6-2)14-8-7-13(4)9-10(14)3/h10-11H,5-9H2,1-4H3. The van der Waals surface area contributed by atoms with Crippen molar-refractivity contribution in [3.63, 3.8) is 0 Å². The molecular formula is C12H24N2O2. The third-order valence-electron chi connectivity index (χ3n) is 3.23. The number of likely N-dealkylation sites (N-methyl/N-ethyl adjacent to an activating group) is 1. The predicted octanol–water partition coefficient (Wildman–Crippen LogP) is 0.964. The van der Waals surface area contributed by atoms with Gasteiger partial charge >= 0.3 is 5.97 Å². The molecule has 1 aliphatic heterocycles. The molecular weight excluding hydrogens is 204 g/mol. The summed E-state index contributed by atoms with van der Waals surface area (Å²) < 4.78 is 5.13. The summed E-state index contributed by atoms with van der Waals surface area (Å²) in [5.74, 6) is -0.0681. The third kappa shape index (κ3) is 3.19. The maximum absolute atomic E-state index is 11.8. The average molecular weight is 228 g/mol. The molecule has 0 radical (unpaired) electrons. The minimum Gasteiger partial charge on any atom is -0.465 e. The summed E-state index contributed by atoms with van der Waals surface area (Å²) in [4.78, 5) is 16.4. The highest BCUT2D eigenvalue weighted by atomic mass is 16.5. The van der Waals surface area contributed by atoms with E-state index < -0.39 is 0 Å². The summed E-state index contributed by atoms with van der Waals surface area (Å²) in [5.41, 5.74) is 0. The quantitative estimate of drug-likeness (QED) is 0.671. The molecule has 16 heavy (non-hydrogen) atoms. The van der Waals surface area contributed by atoms with Crippen LogP contribution in [0.3, 0.4) is 0 Å². The lowest BCUT2D eigenvalue weighted by Gasteiger charge is -2.41. The molecule has 0 aliphatic carbocycles. The van der Waals surface area contributed by atoms with Gasteiger partial charge in [0.05, 0.1) is 6.61 Å². The van der Waals surface area contributed by atoms with Gasteiger partial charge in [0.1, 0.15) is 6.04 Å². The van der Waals surface area contributed by atoms with E-state index in [-0.39, 0.29) is 12.0 Å². The van der Waals surface area contributed by atoms with E-state index in [0.717, 1.165) is 26.1 Å². The third-order valence-corrected chi connectivity index (χ3v) is 3.23. The van der Waals surface area contributed by atoms with Gasteiger partial charge in [0.2, 0.25) is 0 Å².